The molecule has 0 amide bonds. The highest BCUT2D eigenvalue weighted by Gasteiger charge is 2.36. The van der Waals surface area contributed by atoms with Gasteiger partial charge >= 0.3 is 0 Å². The van der Waals surface area contributed by atoms with E-state index in [1.54, 1.807) is 0 Å². The van der Waals surface area contributed by atoms with E-state index in [2.05, 4.69) is 22.3 Å². The minimum absolute atomic E-state index is 0.118. The molecule has 1 aromatic rings. The average molecular weight is 322 g/mol. The van der Waals surface area contributed by atoms with Gasteiger partial charge in [-0.1, -0.05) is 0 Å². The summed E-state index contributed by atoms with van der Waals surface area (Å²) in [5.41, 5.74) is 0.118. The van der Waals surface area contributed by atoms with Gasteiger partial charge in [0.2, 0.25) is 0 Å². The zero-order chi connectivity index (χ0) is 14.8. The number of hydrogen-bond acceptors (Lipinski definition) is 5. The second-order valence-electron chi connectivity index (χ2n) is 6.79. The van der Waals surface area contributed by atoms with Gasteiger partial charge < -0.3 is 14.8 Å². The SMILES string of the molecule is c1cc([C@@H]2CCCO2)sc1CN1CCC2(CC1)CNCCO2. The predicted octanol–water partition coefficient (Wildman–Crippen LogP) is 2.55. The van der Waals surface area contributed by atoms with Crippen LogP contribution in [0.25, 0.3) is 0 Å². The van der Waals surface area contributed by atoms with Crippen LogP contribution in [-0.2, 0) is 16.0 Å². The molecule has 3 aliphatic rings. The number of rotatable bonds is 3. The monoisotopic (exact) mass is 322 g/mol. The van der Waals surface area contributed by atoms with Gasteiger partial charge in [0.15, 0.2) is 0 Å². The highest BCUT2D eigenvalue weighted by molar-refractivity contribution is 7.12. The minimum Gasteiger partial charge on any atom is -0.373 e. The van der Waals surface area contributed by atoms with Crippen molar-refractivity contribution in [3.05, 3.63) is 21.9 Å². The number of piperidine rings is 1. The van der Waals surface area contributed by atoms with Gasteiger partial charge in [-0.2, -0.15) is 0 Å². The summed E-state index contributed by atoms with van der Waals surface area (Å²) in [5.74, 6) is 0. The quantitative estimate of drug-likeness (QED) is 0.927. The van der Waals surface area contributed by atoms with E-state index in [0.29, 0.717) is 6.10 Å². The topological polar surface area (TPSA) is 33.7 Å². The van der Waals surface area contributed by atoms with Gasteiger partial charge in [0.25, 0.3) is 0 Å². The van der Waals surface area contributed by atoms with Gasteiger partial charge in [-0.25, -0.2) is 0 Å². The summed E-state index contributed by atoms with van der Waals surface area (Å²) >= 11 is 1.94. The van der Waals surface area contributed by atoms with Crippen LogP contribution >= 0.6 is 11.3 Å². The highest BCUT2D eigenvalue weighted by Crippen LogP contribution is 2.34. The molecule has 0 bridgehead atoms. The zero-order valence-corrected chi connectivity index (χ0v) is 14.0. The van der Waals surface area contributed by atoms with E-state index >= 15 is 0 Å². The molecule has 22 heavy (non-hydrogen) atoms. The number of ether oxygens (including phenoxy) is 2. The van der Waals surface area contributed by atoms with E-state index in [-0.39, 0.29) is 5.60 Å². The second kappa shape index (κ2) is 6.57. The van der Waals surface area contributed by atoms with Gasteiger partial charge in [-0.3, -0.25) is 4.90 Å². The summed E-state index contributed by atoms with van der Waals surface area (Å²) in [7, 11) is 0. The molecule has 1 N–H and O–H groups in total. The van der Waals surface area contributed by atoms with Crippen molar-refractivity contribution in [2.24, 2.45) is 0 Å². The average Bonchev–Trinajstić information content (AvgIpc) is 3.22. The number of morpholine rings is 1. The molecule has 4 rings (SSSR count). The van der Waals surface area contributed by atoms with E-state index in [9.17, 15) is 0 Å². The standard InChI is InChI=1S/C17H26N2O2S/c1-2-15(20-10-1)16-4-3-14(22-16)12-19-8-5-17(6-9-19)13-18-7-11-21-17/h3-4,15,18H,1-2,5-13H2/t15-/m0/s1. The summed E-state index contributed by atoms with van der Waals surface area (Å²) in [6, 6.07) is 4.57. The summed E-state index contributed by atoms with van der Waals surface area (Å²) in [6.07, 6.45) is 5.08. The molecule has 0 saturated carbocycles. The third-order valence-electron chi connectivity index (χ3n) is 5.21. The van der Waals surface area contributed by atoms with E-state index in [0.717, 1.165) is 58.8 Å². The molecule has 1 atom stereocenters. The number of likely N-dealkylation sites (tertiary alicyclic amines) is 1. The maximum absolute atomic E-state index is 6.07. The Morgan fingerprint density at radius 3 is 2.91 bits per heavy atom. The van der Waals surface area contributed by atoms with E-state index in [4.69, 9.17) is 9.47 Å². The Morgan fingerprint density at radius 1 is 1.27 bits per heavy atom. The van der Waals surface area contributed by atoms with Crippen molar-refractivity contribution in [1.29, 1.82) is 0 Å². The second-order valence-corrected chi connectivity index (χ2v) is 7.99. The maximum atomic E-state index is 6.07. The number of thiophene rings is 1. The van der Waals surface area contributed by atoms with Crippen LogP contribution < -0.4 is 5.32 Å². The highest BCUT2D eigenvalue weighted by atomic mass is 32.1. The molecule has 3 fully saturated rings. The minimum atomic E-state index is 0.118. The van der Waals surface area contributed by atoms with Gasteiger partial charge in [-0.05, 0) is 37.8 Å². The first-order valence-electron chi connectivity index (χ1n) is 8.60. The lowest BCUT2D eigenvalue weighted by atomic mass is 9.90. The first kappa shape index (κ1) is 15.1. The molecule has 3 aliphatic heterocycles. The molecule has 122 valence electrons. The number of nitrogens with one attached hydrogen (secondary N) is 1. The van der Waals surface area contributed by atoms with Crippen LogP contribution in [0.4, 0.5) is 0 Å². The molecule has 1 aromatic heterocycles. The summed E-state index contributed by atoms with van der Waals surface area (Å²) in [6.45, 7) is 7.22. The Balaban J connectivity index is 1.31. The van der Waals surface area contributed by atoms with Gasteiger partial charge in [0.1, 0.15) is 0 Å². The van der Waals surface area contributed by atoms with Crippen LogP contribution in [0, 0.1) is 0 Å². The van der Waals surface area contributed by atoms with Crippen molar-refractivity contribution in [3.63, 3.8) is 0 Å². The van der Waals surface area contributed by atoms with Gasteiger partial charge in [0.05, 0.1) is 18.3 Å². The van der Waals surface area contributed by atoms with Crippen LogP contribution in [0.2, 0.25) is 0 Å². The predicted molar refractivity (Wildman–Crippen MR) is 88.3 cm³/mol. The lowest BCUT2D eigenvalue weighted by Crippen LogP contribution is -2.55. The zero-order valence-electron chi connectivity index (χ0n) is 13.2. The molecule has 5 heteroatoms. The third kappa shape index (κ3) is 3.24. The number of nitrogens with zero attached hydrogens (tertiary/aromatic N) is 1. The van der Waals surface area contributed by atoms with Crippen molar-refractivity contribution in [2.45, 2.75) is 43.9 Å². The van der Waals surface area contributed by atoms with Crippen molar-refractivity contribution in [1.82, 2.24) is 10.2 Å². The van der Waals surface area contributed by atoms with Crippen LogP contribution in [0.15, 0.2) is 12.1 Å². The fraction of sp³-hybridized carbons (Fsp3) is 0.765. The van der Waals surface area contributed by atoms with Crippen molar-refractivity contribution in [2.75, 3.05) is 39.4 Å². The van der Waals surface area contributed by atoms with Crippen molar-refractivity contribution < 1.29 is 9.47 Å². The molecule has 1 spiro atoms. The smallest absolute Gasteiger partial charge is 0.0917 e. The molecule has 4 heterocycles. The summed E-state index contributed by atoms with van der Waals surface area (Å²) < 4.78 is 11.9. The van der Waals surface area contributed by atoms with Gasteiger partial charge in [-0.15, -0.1) is 11.3 Å². The first-order valence-corrected chi connectivity index (χ1v) is 9.42. The molecule has 3 saturated heterocycles. The van der Waals surface area contributed by atoms with Crippen LogP contribution in [0.3, 0.4) is 0 Å². The molecule has 0 radical (unpaired) electrons. The van der Waals surface area contributed by atoms with Crippen molar-refractivity contribution in [3.8, 4) is 0 Å². The molecular weight excluding hydrogens is 296 g/mol. The third-order valence-corrected chi connectivity index (χ3v) is 6.37. The fourth-order valence-electron chi connectivity index (χ4n) is 3.82. The van der Waals surface area contributed by atoms with E-state index in [1.165, 1.54) is 22.6 Å². The Morgan fingerprint density at radius 2 is 2.18 bits per heavy atom. The number of hydrogen-bond donors (Lipinski definition) is 1. The lowest BCUT2D eigenvalue weighted by molar-refractivity contribution is -0.100. The van der Waals surface area contributed by atoms with Crippen molar-refractivity contribution >= 4 is 11.3 Å². The Hall–Kier alpha value is -0.460. The van der Waals surface area contributed by atoms with Crippen LogP contribution in [-0.4, -0.2) is 49.9 Å². The Labute approximate surface area is 136 Å². The fourth-order valence-corrected chi connectivity index (χ4v) is 4.96. The van der Waals surface area contributed by atoms with E-state index in [1.807, 2.05) is 11.3 Å². The molecular formula is C17H26N2O2S. The van der Waals surface area contributed by atoms with Gasteiger partial charge in [0, 0.05) is 49.1 Å². The van der Waals surface area contributed by atoms with Crippen LogP contribution in [0.5, 0.6) is 0 Å². The molecule has 4 nitrogen and oxygen atoms in total. The first-order chi connectivity index (χ1) is 10.8. The molecule has 0 unspecified atom stereocenters. The Bertz CT molecular complexity index is 483. The van der Waals surface area contributed by atoms with E-state index < -0.39 is 0 Å². The normalized spacial score (nSPS) is 29.2. The summed E-state index contributed by atoms with van der Waals surface area (Å²) in [5, 5.41) is 3.49. The molecule has 0 aromatic carbocycles. The Kier molecular flexibility index (Phi) is 4.51. The molecule has 0 aliphatic carbocycles. The van der Waals surface area contributed by atoms with Crippen LogP contribution in [0.1, 0.15) is 41.5 Å². The summed E-state index contributed by atoms with van der Waals surface area (Å²) in [4.78, 5) is 5.47. The lowest BCUT2D eigenvalue weighted by Gasteiger charge is -2.44. The largest absolute Gasteiger partial charge is 0.373 e. The maximum Gasteiger partial charge on any atom is 0.0917 e.